The highest BCUT2D eigenvalue weighted by atomic mass is 16.7. The summed E-state index contributed by atoms with van der Waals surface area (Å²) in [7, 11) is 0. The average Bonchev–Trinajstić information content (AvgIpc) is 3.05. The molecule has 1 saturated heterocycles. The van der Waals surface area contributed by atoms with Gasteiger partial charge in [0.2, 0.25) is 0 Å². The average molecular weight is 280 g/mol. The molecule has 2 unspecified atom stereocenters. The molecule has 3 aliphatic rings. The topological polar surface area (TPSA) is 44.8 Å². The van der Waals surface area contributed by atoms with Crippen molar-refractivity contribution in [2.24, 2.45) is 5.92 Å². The number of hydrogen-bond acceptors (Lipinski definition) is 4. The molecule has 3 rings (SSSR count). The van der Waals surface area contributed by atoms with Crippen LogP contribution in [0.4, 0.5) is 0 Å². The Hall–Kier alpha value is -0.870. The normalized spacial score (nSPS) is 39.7. The molecular formula is C16H24O4. The van der Waals surface area contributed by atoms with E-state index in [1.54, 1.807) is 0 Å². The first-order valence-electron chi connectivity index (χ1n) is 7.82. The quantitative estimate of drug-likeness (QED) is 0.573. The molecule has 0 amide bonds. The SMILES string of the molecule is C=CC(=O)OCC1CCCC(OC23CCC(CC2)C3)O1. The molecule has 0 radical (unpaired) electrons. The Kier molecular flexibility index (Phi) is 4.13. The molecule has 2 saturated carbocycles. The van der Waals surface area contributed by atoms with E-state index >= 15 is 0 Å². The predicted octanol–water partition coefficient (Wildman–Crippen LogP) is 2.96. The maximum atomic E-state index is 11.1. The van der Waals surface area contributed by atoms with Crippen molar-refractivity contribution in [1.82, 2.24) is 0 Å². The third-order valence-electron chi connectivity index (χ3n) is 4.95. The van der Waals surface area contributed by atoms with Gasteiger partial charge in [0, 0.05) is 6.08 Å². The highest BCUT2D eigenvalue weighted by Crippen LogP contribution is 2.51. The second-order valence-electron chi connectivity index (χ2n) is 6.40. The van der Waals surface area contributed by atoms with Crippen molar-refractivity contribution in [3.05, 3.63) is 12.7 Å². The van der Waals surface area contributed by atoms with Crippen molar-refractivity contribution in [3.8, 4) is 0 Å². The number of carbonyl (C=O) groups excluding carboxylic acids is 1. The van der Waals surface area contributed by atoms with Crippen LogP contribution in [0.25, 0.3) is 0 Å². The molecule has 0 aromatic heterocycles. The Morgan fingerprint density at radius 3 is 2.75 bits per heavy atom. The van der Waals surface area contributed by atoms with Gasteiger partial charge in [-0.1, -0.05) is 6.58 Å². The van der Waals surface area contributed by atoms with E-state index in [9.17, 15) is 4.79 Å². The van der Waals surface area contributed by atoms with E-state index in [-0.39, 0.29) is 24.0 Å². The lowest BCUT2D eigenvalue weighted by Gasteiger charge is -2.36. The van der Waals surface area contributed by atoms with E-state index in [4.69, 9.17) is 14.2 Å². The number of ether oxygens (including phenoxy) is 3. The minimum Gasteiger partial charge on any atom is -0.460 e. The number of hydrogen-bond donors (Lipinski definition) is 0. The largest absolute Gasteiger partial charge is 0.460 e. The zero-order valence-corrected chi connectivity index (χ0v) is 12.0. The Morgan fingerprint density at radius 2 is 2.10 bits per heavy atom. The van der Waals surface area contributed by atoms with Gasteiger partial charge in [0.1, 0.15) is 6.61 Å². The van der Waals surface area contributed by atoms with Gasteiger partial charge < -0.3 is 14.2 Å². The van der Waals surface area contributed by atoms with Crippen LogP contribution < -0.4 is 0 Å². The van der Waals surface area contributed by atoms with E-state index in [0.717, 1.165) is 25.2 Å². The molecule has 0 N–H and O–H groups in total. The Morgan fingerprint density at radius 1 is 1.30 bits per heavy atom. The van der Waals surface area contributed by atoms with Gasteiger partial charge in [0.15, 0.2) is 6.29 Å². The molecule has 2 bridgehead atoms. The third kappa shape index (κ3) is 3.07. The molecule has 0 aromatic carbocycles. The fourth-order valence-corrected chi connectivity index (χ4v) is 3.89. The van der Waals surface area contributed by atoms with Crippen molar-refractivity contribution >= 4 is 5.97 Å². The van der Waals surface area contributed by atoms with Crippen LogP contribution in [0.5, 0.6) is 0 Å². The molecule has 20 heavy (non-hydrogen) atoms. The maximum Gasteiger partial charge on any atom is 0.330 e. The van der Waals surface area contributed by atoms with Gasteiger partial charge in [-0.15, -0.1) is 0 Å². The molecule has 1 heterocycles. The summed E-state index contributed by atoms with van der Waals surface area (Å²) in [4.78, 5) is 11.1. The molecule has 0 spiro atoms. The molecule has 4 heteroatoms. The minimum atomic E-state index is -0.385. The third-order valence-corrected chi connectivity index (χ3v) is 4.95. The fourth-order valence-electron chi connectivity index (χ4n) is 3.89. The van der Waals surface area contributed by atoms with Crippen molar-refractivity contribution < 1.29 is 19.0 Å². The van der Waals surface area contributed by atoms with Crippen molar-refractivity contribution in [2.45, 2.75) is 69.4 Å². The zero-order chi connectivity index (χ0) is 14.0. The Labute approximate surface area is 120 Å². The van der Waals surface area contributed by atoms with Gasteiger partial charge in [-0.2, -0.15) is 0 Å². The fraction of sp³-hybridized carbons (Fsp3) is 0.812. The predicted molar refractivity (Wildman–Crippen MR) is 74.1 cm³/mol. The van der Waals surface area contributed by atoms with E-state index in [1.807, 2.05) is 0 Å². The van der Waals surface area contributed by atoms with Crippen LogP contribution in [-0.2, 0) is 19.0 Å². The van der Waals surface area contributed by atoms with Gasteiger partial charge in [-0.25, -0.2) is 4.79 Å². The molecule has 4 nitrogen and oxygen atoms in total. The number of carbonyl (C=O) groups is 1. The van der Waals surface area contributed by atoms with Gasteiger partial charge in [-0.3, -0.25) is 0 Å². The molecule has 2 atom stereocenters. The second-order valence-corrected chi connectivity index (χ2v) is 6.40. The van der Waals surface area contributed by atoms with E-state index < -0.39 is 0 Å². The highest BCUT2D eigenvalue weighted by molar-refractivity contribution is 5.81. The zero-order valence-electron chi connectivity index (χ0n) is 12.0. The van der Waals surface area contributed by atoms with Crippen LogP contribution in [0, 0.1) is 5.92 Å². The first-order valence-corrected chi connectivity index (χ1v) is 7.82. The number of rotatable bonds is 5. The van der Waals surface area contributed by atoms with Crippen LogP contribution in [0.3, 0.4) is 0 Å². The van der Waals surface area contributed by atoms with Crippen LogP contribution in [0.15, 0.2) is 12.7 Å². The summed E-state index contributed by atoms with van der Waals surface area (Å²) in [5.74, 6) is 0.493. The summed E-state index contributed by atoms with van der Waals surface area (Å²) in [5, 5.41) is 0. The summed E-state index contributed by atoms with van der Waals surface area (Å²) in [6.07, 6.45) is 10.2. The first kappa shape index (κ1) is 14.1. The number of fused-ring (bicyclic) bond motifs is 2. The lowest BCUT2D eigenvalue weighted by atomic mass is 9.97. The summed E-state index contributed by atoms with van der Waals surface area (Å²) >= 11 is 0. The maximum absolute atomic E-state index is 11.1. The summed E-state index contributed by atoms with van der Waals surface area (Å²) in [6, 6.07) is 0. The van der Waals surface area contributed by atoms with Gasteiger partial charge >= 0.3 is 5.97 Å². The first-order chi connectivity index (χ1) is 9.69. The van der Waals surface area contributed by atoms with E-state index in [1.165, 1.54) is 38.2 Å². The summed E-state index contributed by atoms with van der Waals surface area (Å²) < 4.78 is 17.3. The molecular weight excluding hydrogens is 256 g/mol. The summed E-state index contributed by atoms with van der Waals surface area (Å²) in [6.45, 7) is 3.70. The lowest BCUT2D eigenvalue weighted by Crippen LogP contribution is -2.39. The van der Waals surface area contributed by atoms with Crippen LogP contribution in [0.2, 0.25) is 0 Å². The molecule has 112 valence electrons. The standard InChI is InChI=1S/C16H24O4/c1-2-14(17)18-11-13-4-3-5-15(19-13)20-16-8-6-12(10-16)7-9-16/h2,12-13,15H,1,3-11H2. The highest BCUT2D eigenvalue weighted by Gasteiger charge is 2.47. The van der Waals surface area contributed by atoms with Crippen molar-refractivity contribution in [2.75, 3.05) is 6.61 Å². The van der Waals surface area contributed by atoms with Crippen LogP contribution >= 0.6 is 0 Å². The lowest BCUT2D eigenvalue weighted by molar-refractivity contribution is -0.249. The molecule has 3 fully saturated rings. The Balaban J connectivity index is 1.48. The van der Waals surface area contributed by atoms with E-state index in [0.29, 0.717) is 6.61 Å². The van der Waals surface area contributed by atoms with Gasteiger partial charge in [-0.05, 0) is 57.3 Å². The minimum absolute atomic E-state index is 0.0346. The van der Waals surface area contributed by atoms with Crippen LogP contribution in [0.1, 0.15) is 51.4 Å². The van der Waals surface area contributed by atoms with Crippen molar-refractivity contribution in [3.63, 3.8) is 0 Å². The van der Waals surface area contributed by atoms with Gasteiger partial charge in [0.25, 0.3) is 0 Å². The Bertz CT molecular complexity index is 371. The smallest absolute Gasteiger partial charge is 0.330 e. The number of esters is 1. The molecule has 1 aliphatic heterocycles. The second kappa shape index (κ2) is 5.86. The summed E-state index contributed by atoms with van der Waals surface area (Å²) in [5.41, 5.74) is 0.0923. The molecule has 2 aliphatic carbocycles. The van der Waals surface area contributed by atoms with Gasteiger partial charge in [0.05, 0.1) is 11.7 Å². The van der Waals surface area contributed by atoms with E-state index in [2.05, 4.69) is 6.58 Å². The molecule has 0 aromatic rings. The monoisotopic (exact) mass is 280 g/mol. The van der Waals surface area contributed by atoms with Crippen molar-refractivity contribution in [1.29, 1.82) is 0 Å². The van der Waals surface area contributed by atoms with Crippen LogP contribution in [-0.4, -0.2) is 30.6 Å².